The molecule has 0 atom stereocenters. The second-order valence-corrected chi connectivity index (χ2v) is 8.34. The molecule has 1 aliphatic heterocycles. The van der Waals surface area contributed by atoms with Crippen molar-refractivity contribution in [2.45, 2.75) is 33.8 Å². The molecule has 1 fully saturated rings. The maximum Gasteiger partial charge on any atom is 0.270 e. The second kappa shape index (κ2) is 8.80. The fourth-order valence-corrected chi connectivity index (χ4v) is 4.14. The molecule has 28 heavy (non-hydrogen) atoms. The van der Waals surface area contributed by atoms with Crippen molar-refractivity contribution in [3.8, 4) is 11.5 Å². The van der Waals surface area contributed by atoms with Crippen LogP contribution in [0, 0.1) is 6.92 Å². The number of ether oxygens (including phenoxy) is 2. The molecule has 0 aliphatic carbocycles. The first kappa shape index (κ1) is 20.4. The van der Waals surface area contributed by atoms with Crippen LogP contribution in [0.15, 0.2) is 47.4 Å². The number of nitrogens with zero attached hydrogens (tertiary/aromatic N) is 1. The molecule has 0 radical (unpaired) electrons. The van der Waals surface area contributed by atoms with Crippen molar-refractivity contribution in [1.29, 1.82) is 0 Å². The average Bonchev–Trinajstić information content (AvgIpc) is 2.90. The van der Waals surface area contributed by atoms with Gasteiger partial charge in [0.2, 0.25) is 0 Å². The Morgan fingerprint density at radius 2 is 1.96 bits per heavy atom. The molecule has 1 amide bonds. The van der Waals surface area contributed by atoms with E-state index < -0.39 is 0 Å². The molecule has 0 N–H and O–H groups in total. The SMILES string of the molecule is CCOc1cc(/C=C2\SC(=S)N(c3cccc(C)c3)C2=O)ccc1OC(C)C. The number of hydrogen-bond acceptors (Lipinski definition) is 5. The third kappa shape index (κ3) is 4.56. The van der Waals surface area contributed by atoms with Crippen LogP contribution in [0.4, 0.5) is 5.69 Å². The first-order chi connectivity index (χ1) is 13.4. The lowest BCUT2D eigenvalue weighted by Gasteiger charge is -2.15. The summed E-state index contributed by atoms with van der Waals surface area (Å²) in [5.41, 5.74) is 2.74. The summed E-state index contributed by atoms with van der Waals surface area (Å²) in [7, 11) is 0. The summed E-state index contributed by atoms with van der Waals surface area (Å²) in [4.78, 5) is 15.1. The van der Waals surface area contributed by atoms with Crippen LogP contribution >= 0.6 is 24.0 Å². The van der Waals surface area contributed by atoms with Crippen molar-refractivity contribution in [3.05, 3.63) is 58.5 Å². The van der Waals surface area contributed by atoms with Crippen LogP contribution in [0.3, 0.4) is 0 Å². The maximum atomic E-state index is 12.9. The molecule has 3 rings (SSSR count). The molecule has 1 saturated heterocycles. The van der Waals surface area contributed by atoms with Crippen LogP contribution in [0.5, 0.6) is 11.5 Å². The topological polar surface area (TPSA) is 38.8 Å². The predicted octanol–water partition coefficient (Wildman–Crippen LogP) is 5.59. The van der Waals surface area contributed by atoms with Gasteiger partial charge in [0.1, 0.15) is 0 Å². The number of carbonyl (C=O) groups excluding carboxylic acids is 1. The Hall–Kier alpha value is -2.31. The Bertz CT molecular complexity index is 937. The molecule has 6 heteroatoms. The Morgan fingerprint density at radius 3 is 2.64 bits per heavy atom. The third-order valence-corrected chi connectivity index (χ3v) is 5.28. The summed E-state index contributed by atoms with van der Waals surface area (Å²) in [6.07, 6.45) is 1.90. The van der Waals surface area contributed by atoms with Crippen molar-refractivity contribution in [1.82, 2.24) is 0 Å². The Morgan fingerprint density at radius 1 is 1.18 bits per heavy atom. The number of aryl methyl sites for hydroxylation is 1. The Kier molecular flexibility index (Phi) is 6.42. The van der Waals surface area contributed by atoms with Crippen LogP contribution in [-0.2, 0) is 4.79 Å². The molecular weight excluding hydrogens is 390 g/mol. The predicted molar refractivity (Wildman–Crippen MR) is 120 cm³/mol. The molecular formula is C22H23NO3S2. The summed E-state index contributed by atoms with van der Waals surface area (Å²) in [5, 5.41) is 0. The van der Waals surface area contributed by atoms with Crippen molar-refractivity contribution in [3.63, 3.8) is 0 Å². The first-order valence-corrected chi connectivity index (χ1v) is 10.4. The van der Waals surface area contributed by atoms with E-state index in [0.717, 1.165) is 16.8 Å². The number of thiocarbonyl (C=S) groups is 1. The molecule has 0 saturated carbocycles. The first-order valence-electron chi connectivity index (χ1n) is 9.17. The zero-order valence-corrected chi connectivity index (χ0v) is 18.0. The van der Waals surface area contributed by atoms with Crippen molar-refractivity contribution >= 4 is 46.0 Å². The highest BCUT2D eigenvalue weighted by Gasteiger charge is 2.33. The molecule has 0 aromatic heterocycles. The van der Waals surface area contributed by atoms with Gasteiger partial charge in [0.05, 0.1) is 23.3 Å². The van der Waals surface area contributed by atoms with Gasteiger partial charge in [-0.3, -0.25) is 9.69 Å². The fourth-order valence-electron chi connectivity index (χ4n) is 2.84. The standard InChI is InChI=1S/C22H23NO3S2/c1-5-25-19-12-16(9-10-18(19)26-14(2)3)13-20-21(24)23(22(27)28-20)17-8-6-7-15(4)11-17/h6-14H,5H2,1-4H3/b20-13-. The number of anilines is 1. The normalized spacial score (nSPS) is 15.6. The second-order valence-electron chi connectivity index (χ2n) is 6.66. The van der Waals surface area contributed by atoms with E-state index in [2.05, 4.69) is 0 Å². The highest BCUT2D eigenvalue weighted by molar-refractivity contribution is 8.27. The van der Waals surface area contributed by atoms with Crippen LogP contribution in [0.1, 0.15) is 31.9 Å². The Labute approximate surface area is 175 Å². The van der Waals surface area contributed by atoms with Crippen LogP contribution in [0.2, 0.25) is 0 Å². The van der Waals surface area contributed by atoms with E-state index in [1.807, 2.05) is 76.2 Å². The van der Waals surface area contributed by atoms with Crippen molar-refractivity contribution in [2.75, 3.05) is 11.5 Å². The van der Waals surface area contributed by atoms with Gasteiger partial charge < -0.3 is 9.47 Å². The summed E-state index contributed by atoms with van der Waals surface area (Å²) in [5.74, 6) is 1.25. The molecule has 0 spiro atoms. The highest BCUT2D eigenvalue weighted by Crippen LogP contribution is 2.37. The van der Waals surface area contributed by atoms with E-state index in [4.69, 9.17) is 21.7 Å². The van der Waals surface area contributed by atoms with E-state index in [1.54, 1.807) is 4.90 Å². The molecule has 0 bridgehead atoms. The monoisotopic (exact) mass is 413 g/mol. The molecule has 1 aliphatic rings. The van der Waals surface area contributed by atoms with Crippen LogP contribution in [-0.4, -0.2) is 22.9 Å². The number of hydrogen-bond donors (Lipinski definition) is 0. The van der Waals surface area contributed by atoms with E-state index in [0.29, 0.717) is 27.3 Å². The minimum Gasteiger partial charge on any atom is -0.490 e. The highest BCUT2D eigenvalue weighted by atomic mass is 32.2. The lowest BCUT2D eigenvalue weighted by atomic mass is 10.1. The molecule has 146 valence electrons. The van der Waals surface area contributed by atoms with Gasteiger partial charge in [0.25, 0.3) is 5.91 Å². The third-order valence-electron chi connectivity index (χ3n) is 3.98. The van der Waals surface area contributed by atoms with E-state index in [1.165, 1.54) is 11.8 Å². The Balaban J connectivity index is 1.90. The zero-order valence-electron chi connectivity index (χ0n) is 16.4. The van der Waals surface area contributed by atoms with Gasteiger partial charge in [-0.1, -0.05) is 42.2 Å². The van der Waals surface area contributed by atoms with Crippen molar-refractivity contribution in [2.24, 2.45) is 0 Å². The molecule has 1 heterocycles. The van der Waals surface area contributed by atoms with E-state index in [-0.39, 0.29) is 12.0 Å². The van der Waals surface area contributed by atoms with E-state index >= 15 is 0 Å². The summed E-state index contributed by atoms with van der Waals surface area (Å²) >= 11 is 6.76. The summed E-state index contributed by atoms with van der Waals surface area (Å²) < 4.78 is 12.0. The maximum absolute atomic E-state index is 12.9. The van der Waals surface area contributed by atoms with Gasteiger partial charge in [-0.05, 0) is 69.2 Å². The quantitative estimate of drug-likeness (QED) is 0.456. The van der Waals surface area contributed by atoms with Gasteiger partial charge in [-0.2, -0.15) is 0 Å². The minimum atomic E-state index is -0.110. The largest absolute Gasteiger partial charge is 0.490 e. The summed E-state index contributed by atoms with van der Waals surface area (Å²) in [6.45, 7) is 8.40. The lowest BCUT2D eigenvalue weighted by molar-refractivity contribution is -0.113. The average molecular weight is 414 g/mol. The molecule has 0 unspecified atom stereocenters. The number of thioether (sulfide) groups is 1. The minimum absolute atomic E-state index is 0.0515. The van der Waals surface area contributed by atoms with Gasteiger partial charge in [-0.15, -0.1) is 0 Å². The van der Waals surface area contributed by atoms with E-state index in [9.17, 15) is 4.79 Å². The molecule has 2 aromatic carbocycles. The molecule has 2 aromatic rings. The number of rotatable bonds is 6. The lowest BCUT2D eigenvalue weighted by Crippen LogP contribution is -2.27. The van der Waals surface area contributed by atoms with Gasteiger partial charge in [0, 0.05) is 0 Å². The van der Waals surface area contributed by atoms with Gasteiger partial charge >= 0.3 is 0 Å². The van der Waals surface area contributed by atoms with Crippen LogP contribution in [0.25, 0.3) is 6.08 Å². The summed E-state index contributed by atoms with van der Waals surface area (Å²) in [6, 6.07) is 13.4. The number of carbonyl (C=O) groups is 1. The number of benzene rings is 2. The number of amides is 1. The van der Waals surface area contributed by atoms with Crippen molar-refractivity contribution < 1.29 is 14.3 Å². The van der Waals surface area contributed by atoms with Gasteiger partial charge in [0.15, 0.2) is 15.8 Å². The zero-order chi connectivity index (χ0) is 20.3. The van der Waals surface area contributed by atoms with Crippen LogP contribution < -0.4 is 14.4 Å². The fraction of sp³-hybridized carbons (Fsp3) is 0.273. The molecule has 4 nitrogen and oxygen atoms in total. The van der Waals surface area contributed by atoms with Gasteiger partial charge in [-0.25, -0.2) is 0 Å². The smallest absolute Gasteiger partial charge is 0.270 e.